The zero-order valence-electron chi connectivity index (χ0n) is 11.0. The van der Waals surface area contributed by atoms with E-state index in [1.54, 1.807) is 37.4 Å². The van der Waals surface area contributed by atoms with E-state index in [1.807, 2.05) is 0 Å². The zero-order chi connectivity index (χ0) is 14.5. The molecule has 5 heteroatoms. The molecular weight excluding hydrogens is 256 g/mol. The van der Waals surface area contributed by atoms with E-state index in [2.05, 4.69) is 6.07 Å². The number of anilines is 1. The standard InChI is InChI=1S/C15H14N2O3/c1-19-13-6-5-10(8-16)7-11(13)9-20-14-4-2-3-12(18)15(14)17/h2-7,18H,9,17H2,1H3. The first kappa shape index (κ1) is 13.6. The third-order valence-corrected chi connectivity index (χ3v) is 2.84. The molecule has 3 N–H and O–H groups in total. The van der Waals surface area contributed by atoms with Gasteiger partial charge in [0.15, 0.2) is 0 Å². The van der Waals surface area contributed by atoms with E-state index in [0.29, 0.717) is 17.1 Å². The molecule has 2 aromatic rings. The fourth-order valence-corrected chi connectivity index (χ4v) is 1.77. The van der Waals surface area contributed by atoms with Gasteiger partial charge in [-0.3, -0.25) is 0 Å². The molecule has 0 saturated heterocycles. The van der Waals surface area contributed by atoms with E-state index in [-0.39, 0.29) is 18.0 Å². The molecule has 20 heavy (non-hydrogen) atoms. The van der Waals surface area contributed by atoms with Crippen molar-refractivity contribution < 1.29 is 14.6 Å². The van der Waals surface area contributed by atoms with Crippen LogP contribution in [-0.2, 0) is 6.61 Å². The number of benzene rings is 2. The molecule has 0 unspecified atom stereocenters. The Balaban J connectivity index is 2.22. The summed E-state index contributed by atoms with van der Waals surface area (Å²) in [7, 11) is 1.55. The van der Waals surface area contributed by atoms with Crippen molar-refractivity contribution in [1.82, 2.24) is 0 Å². The van der Waals surface area contributed by atoms with Crippen molar-refractivity contribution in [2.24, 2.45) is 0 Å². The van der Waals surface area contributed by atoms with Crippen LogP contribution in [0.1, 0.15) is 11.1 Å². The Morgan fingerprint density at radius 2 is 2.05 bits per heavy atom. The summed E-state index contributed by atoms with van der Waals surface area (Å²) in [6.07, 6.45) is 0. The molecule has 0 spiro atoms. The summed E-state index contributed by atoms with van der Waals surface area (Å²) in [5, 5.41) is 18.4. The monoisotopic (exact) mass is 270 g/mol. The van der Waals surface area contributed by atoms with E-state index >= 15 is 0 Å². The van der Waals surface area contributed by atoms with Crippen LogP contribution in [0.15, 0.2) is 36.4 Å². The lowest BCUT2D eigenvalue weighted by Crippen LogP contribution is -2.01. The highest BCUT2D eigenvalue weighted by Crippen LogP contribution is 2.31. The Bertz CT molecular complexity index is 663. The van der Waals surface area contributed by atoms with Gasteiger partial charge in [-0.15, -0.1) is 0 Å². The number of nitrogen functional groups attached to an aromatic ring is 1. The Hall–Kier alpha value is -2.87. The summed E-state index contributed by atoms with van der Waals surface area (Å²) in [5.74, 6) is 0.984. The van der Waals surface area contributed by atoms with Gasteiger partial charge in [-0.2, -0.15) is 5.26 Å². The van der Waals surface area contributed by atoms with Crippen molar-refractivity contribution in [3.63, 3.8) is 0 Å². The smallest absolute Gasteiger partial charge is 0.146 e. The fourth-order valence-electron chi connectivity index (χ4n) is 1.77. The van der Waals surface area contributed by atoms with Gasteiger partial charge in [0.25, 0.3) is 0 Å². The summed E-state index contributed by atoms with van der Waals surface area (Å²) in [6.45, 7) is 0.187. The second kappa shape index (κ2) is 5.85. The lowest BCUT2D eigenvalue weighted by atomic mass is 10.1. The van der Waals surface area contributed by atoms with Gasteiger partial charge < -0.3 is 20.3 Å². The van der Waals surface area contributed by atoms with Crippen LogP contribution in [-0.4, -0.2) is 12.2 Å². The number of phenols is 1. The van der Waals surface area contributed by atoms with Gasteiger partial charge in [0, 0.05) is 5.56 Å². The first-order chi connectivity index (χ1) is 9.65. The largest absolute Gasteiger partial charge is 0.506 e. The van der Waals surface area contributed by atoms with Crippen molar-refractivity contribution >= 4 is 5.69 Å². The molecule has 0 aliphatic rings. The van der Waals surface area contributed by atoms with Crippen molar-refractivity contribution in [3.8, 4) is 23.3 Å². The van der Waals surface area contributed by atoms with E-state index < -0.39 is 0 Å². The number of hydrogen-bond acceptors (Lipinski definition) is 5. The molecule has 0 fully saturated rings. The summed E-state index contributed by atoms with van der Waals surface area (Å²) >= 11 is 0. The minimum absolute atomic E-state index is 0.0276. The Morgan fingerprint density at radius 3 is 2.75 bits per heavy atom. The molecule has 0 atom stereocenters. The van der Waals surface area contributed by atoms with Gasteiger partial charge in [0.05, 0.1) is 18.7 Å². The van der Waals surface area contributed by atoms with Crippen LogP contribution in [0.5, 0.6) is 17.2 Å². The Kier molecular flexibility index (Phi) is 3.96. The number of rotatable bonds is 4. The number of ether oxygens (including phenoxy) is 2. The van der Waals surface area contributed by atoms with Gasteiger partial charge in [-0.1, -0.05) is 6.07 Å². The summed E-state index contributed by atoms with van der Waals surface area (Å²) in [6, 6.07) is 11.9. The van der Waals surface area contributed by atoms with E-state index in [9.17, 15) is 5.11 Å². The molecule has 0 aromatic heterocycles. The van der Waals surface area contributed by atoms with Crippen LogP contribution in [0.2, 0.25) is 0 Å². The average molecular weight is 270 g/mol. The molecule has 0 bridgehead atoms. The maximum absolute atomic E-state index is 9.51. The molecule has 0 aliphatic heterocycles. The first-order valence-corrected chi connectivity index (χ1v) is 5.93. The minimum atomic E-state index is -0.0276. The maximum atomic E-state index is 9.51. The number of phenolic OH excluding ortho intramolecular Hbond substituents is 1. The quantitative estimate of drug-likeness (QED) is 0.658. The number of para-hydroxylation sites is 1. The number of methoxy groups -OCH3 is 1. The molecule has 2 rings (SSSR count). The second-order valence-electron chi connectivity index (χ2n) is 4.12. The van der Waals surface area contributed by atoms with Gasteiger partial charge in [-0.05, 0) is 30.3 Å². The zero-order valence-corrected chi connectivity index (χ0v) is 11.0. The van der Waals surface area contributed by atoms with Crippen LogP contribution in [0.4, 0.5) is 5.69 Å². The Morgan fingerprint density at radius 1 is 1.25 bits per heavy atom. The predicted octanol–water partition coefficient (Wildman–Crippen LogP) is 2.43. The normalized spacial score (nSPS) is 9.80. The molecule has 0 amide bonds. The van der Waals surface area contributed by atoms with E-state index in [0.717, 1.165) is 5.56 Å². The number of nitriles is 1. The van der Waals surface area contributed by atoms with Crippen LogP contribution in [0.25, 0.3) is 0 Å². The molecule has 0 aliphatic carbocycles. The molecule has 0 saturated carbocycles. The highest BCUT2D eigenvalue weighted by Gasteiger charge is 2.08. The third-order valence-electron chi connectivity index (χ3n) is 2.84. The topological polar surface area (TPSA) is 88.5 Å². The minimum Gasteiger partial charge on any atom is -0.506 e. The highest BCUT2D eigenvalue weighted by molar-refractivity contribution is 5.61. The maximum Gasteiger partial charge on any atom is 0.146 e. The van der Waals surface area contributed by atoms with Gasteiger partial charge >= 0.3 is 0 Å². The van der Waals surface area contributed by atoms with Crippen LogP contribution < -0.4 is 15.2 Å². The lowest BCUT2D eigenvalue weighted by Gasteiger charge is -2.12. The van der Waals surface area contributed by atoms with Crippen LogP contribution in [0.3, 0.4) is 0 Å². The predicted molar refractivity (Wildman–Crippen MR) is 74.6 cm³/mol. The second-order valence-corrected chi connectivity index (χ2v) is 4.12. The number of hydrogen-bond donors (Lipinski definition) is 2. The number of nitrogens with two attached hydrogens (primary N) is 1. The number of nitrogens with zero attached hydrogens (tertiary/aromatic N) is 1. The van der Waals surface area contributed by atoms with Gasteiger partial charge in [-0.25, -0.2) is 0 Å². The van der Waals surface area contributed by atoms with Gasteiger partial charge in [0.2, 0.25) is 0 Å². The fraction of sp³-hybridized carbons (Fsp3) is 0.133. The molecule has 5 nitrogen and oxygen atoms in total. The Labute approximate surface area is 116 Å². The third kappa shape index (κ3) is 2.75. The van der Waals surface area contributed by atoms with Crippen LogP contribution >= 0.6 is 0 Å². The summed E-state index contributed by atoms with van der Waals surface area (Å²) < 4.78 is 10.8. The number of aromatic hydroxyl groups is 1. The summed E-state index contributed by atoms with van der Waals surface area (Å²) in [4.78, 5) is 0. The first-order valence-electron chi connectivity index (χ1n) is 5.93. The molecular formula is C15H14N2O3. The van der Waals surface area contributed by atoms with Crippen molar-refractivity contribution in [2.45, 2.75) is 6.61 Å². The summed E-state index contributed by atoms with van der Waals surface area (Å²) in [5.41, 5.74) is 7.15. The molecule has 0 heterocycles. The SMILES string of the molecule is COc1ccc(C#N)cc1COc1cccc(O)c1N. The molecule has 2 aromatic carbocycles. The van der Waals surface area contributed by atoms with Crippen molar-refractivity contribution in [1.29, 1.82) is 5.26 Å². The molecule has 0 radical (unpaired) electrons. The highest BCUT2D eigenvalue weighted by atomic mass is 16.5. The molecule has 102 valence electrons. The van der Waals surface area contributed by atoms with Gasteiger partial charge in [0.1, 0.15) is 29.5 Å². The van der Waals surface area contributed by atoms with E-state index in [1.165, 1.54) is 6.07 Å². The van der Waals surface area contributed by atoms with Crippen LogP contribution in [0, 0.1) is 11.3 Å². The lowest BCUT2D eigenvalue weighted by molar-refractivity contribution is 0.297. The van der Waals surface area contributed by atoms with E-state index in [4.69, 9.17) is 20.5 Å². The van der Waals surface area contributed by atoms with Crippen molar-refractivity contribution in [3.05, 3.63) is 47.5 Å². The van der Waals surface area contributed by atoms with Crippen molar-refractivity contribution in [2.75, 3.05) is 12.8 Å². The average Bonchev–Trinajstić information content (AvgIpc) is 2.48.